The number of aliphatic hydroxyl groups excluding tert-OH is 1. The molecule has 0 bridgehead atoms. The van der Waals surface area contributed by atoms with Crippen LogP contribution in [0, 0.1) is 10.1 Å². The number of nitro groups is 1. The maximum Gasteiger partial charge on any atom is 0.326 e. The zero-order valence-corrected chi connectivity index (χ0v) is 11.1. The number of hydrogen-bond acceptors (Lipinski definition) is 6. The SMILES string of the molecule is COc1ccc([N+](=O)[O-])cc1C(=O)N[C@H](CCO)C(=O)O. The molecule has 0 saturated heterocycles. The number of methoxy groups -OCH3 is 1. The van der Waals surface area contributed by atoms with E-state index in [1.165, 1.54) is 13.2 Å². The van der Waals surface area contributed by atoms with Gasteiger partial charge in [-0.1, -0.05) is 0 Å². The molecule has 9 heteroatoms. The van der Waals surface area contributed by atoms with E-state index < -0.39 is 29.4 Å². The summed E-state index contributed by atoms with van der Waals surface area (Å²) in [7, 11) is 1.28. The minimum absolute atomic E-state index is 0.0752. The highest BCUT2D eigenvalue weighted by molar-refractivity contribution is 5.99. The van der Waals surface area contributed by atoms with Crippen molar-refractivity contribution in [1.82, 2.24) is 5.32 Å². The fourth-order valence-electron chi connectivity index (χ4n) is 1.61. The van der Waals surface area contributed by atoms with E-state index in [9.17, 15) is 19.7 Å². The van der Waals surface area contributed by atoms with E-state index >= 15 is 0 Å². The predicted octanol–water partition coefficient (Wildman–Crippen LogP) is 0.169. The second kappa shape index (κ2) is 7.20. The van der Waals surface area contributed by atoms with Gasteiger partial charge in [-0.2, -0.15) is 0 Å². The Morgan fingerprint density at radius 1 is 1.48 bits per heavy atom. The van der Waals surface area contributed by atoms with Gasteiger partial charge in [0.15, 0.2) is 0 Å². The normalized spacial score (nSPS) is 11.5. The number of nitro benzene ring substituents is 1. The summed E-state index contributed by atoms with van der Waals surface area (Å²) in [5, 5.41) is 30.5. The van der Waals surface area contributed by atoms with Crippen LogP contribution in [-0.2, 0) is 4.79 Å². The van der Waals surface area contributed by atoms with Gasteiger partial charge < -0.3 is 20.3 Å². The minimum atomic E-state index is -1.32. The molecule has 0 heterocycles. The quantitative estimate of drug-likeness (QED) is 0.481. The highest BCUT2D eigenvalue weighted by Crippen LogP contribution is 2.24. The van der Waals surface area contributed by atoms with Gasteiger partial charge in [-0.25, -0.2) is 4.79 Å². The summed E-state index contributed by atoms with van der Waals surface area (Å²) in [6.45, 7) is -0.427. The van der Waals surface area contributed by atoms with Crippen molar-refractivity contribution in [2.75, 3.05) is 13.7 Å². The molecular weight excluding hydrogens is 284 g/mol. The molecule has 0 saturated carbocycles. The van der Waals surface area contributed by atoms with Gasteiger partial charge in [-0.05, 0) is 6.07 Å². The number of nitrogens with one attached hydrogen (secondary N) is 1. The molecular formula is C12H14N2O7. The van der Waals surface area contributed by atoms with E-state index in [0.717, 1.165) is 12.1 Å². The predicted molar refractivity (Wildman–Crippen MR) is 70.2 cm³/mol. The third kappa shape index (κ3) is 4.14. The lowest BCUT2D eigenvalue weighted by Crippen LogP contribution is -2.41. The molecule has 1 amide bonds. The highest BCUT2D eigenvalue weighted by atomic mass is 16.6. The fourth-order valence-corrected chi connectivity index (χ4v) is 1.61. The summed E-state index contributed by atoms with van der Waals surface area (Å²) in [4.78, 5) is 33.0. The van der Waals surface area contributed by atoms with Gasteiger partial charge in [-0.3, -0.25) is 14.9 Å². The van der Waals surface area contributed by atoms with Crippen LogP contribution in [0.15, 0.2) is 18.2 Å². The number of amides is 1. The third-order valence-corrected chi connectivity index (χ3v) is 2.66. The number of benzene rings is 1. The zero-order chi connectivity index (χ0) is 16.0. The monoisotopic (exact) mass is 298 g/mol. The standard InChI is InChI=1S/C12H14N2O7/c1-21-10-3-2-7(14(19)20)6-8(10)11(16)13-9(4-5-15)12(17)18/h2-3,6,9,15H,4-5H2,1H3,(H,13,16)(H,17,18)/t9-/m1/s1. The number of rotatable bonds is 7. The molecule has 0 aliphatic carbocycles. The Morgan fingerprint density at radius 2 is 2.14 bits per heavy atom. The van der Waals surface area contributed by atoms with Crippen molar-refractivity contribution in [3.8, 4) is 5.75 Å². The summed E-state index contributed by atoms with van der Waals surface area (Å²) < 4.78 is 4.92. The molecule has 0 radical (unpaired) electrons. The van der Waals surface area contributed by atoms with Crippen molar-refractivity contribution >= 4 is 17.6 Å². The Morgan fingerprint density at radius 3 is 2.62 bits per heavy atom. The average molecular weight is 298 g/mol. The smallest absolute Gasteiger partial charge is 0.326 e. The van der Waals surface area contributed by atoms with Crippen molar-refractivity contribution in [3.63, 3.8) is 0 Å². The molecule has 1 aromatic rings. The number of carbonyl (C=O) groups is 2. The van der Waals surface area contributed by atoms with Gasteiger partial charge in [0.25, 0.3) is 11.6 Å². The van der Waals surface area contributed by atoms with Gasteiger partial charge in [0.2, 0.25) is 0 Å². The summed E-state index contributed by atoms with van der Waals surface area (Å²) in [5.41, 5.74) is -0.481. The number of carboxylic acids is 1. The van der Waals surface area contributed by atoms with Crippen LogP contribution >= 0.6 is 0 Å². The lowest BCUT2D eigenvalue weighted by atomic mass is 10.1. The largest absolute Gasteiger partial charge is 0.496 e. The van der Waals surface area contributed by atoms with E-state index in [0.29, 0.717) is 0 Å². The first-order valence-electron chi connectivity index (χ1n) is 5.87. The Kier molecular flexibility index (Phi) is 5.61. The maximum atomic E-state index is 12.0. The van der Waals surface area contributed by atoms with E-state index in [4.69, 9.17) is 14.9 Å². The molecule has 3 N–H and O–H groups in total. The molecule has 1 aromatic carbocycles. The van der Waals surface area contributed by atoms with Crippen LogP contribution in [0.25, 0.3) is 0 Å². The van der Waals surface area contributed by atoms with Crippen molar-refractivity contribution in [2.24, 2.45) is 0 Å². The number of nitrogens with zero attached hydrogens (tertiary/aromatic N) is 1. The summed E-state index contributed by atoms with van der Waals surface area (Å²) in [6.07, 6.45) is -0.182. The average Bonchev–Trinajstić information content (AvgIpc) is 2.45. The Bertz CT molecular complexity index is 559. The first-order chi connectivity index (χ1) is 9.90. The first-order valence-corrected chi connectivity index (χ1v) is 5.87. The molecule has 1 rings (SSSR count). The number of aliphatic hydroxyl groups is 1. The lowest BCUT2D eigenvalue weighted by molar-refractivity contribution is -0.384. The zero-order valence-electron chi connectivity index (χ0n) is 11.1. The minimum Gasteiger partial charge on any atom is -0.496 e. The Hall–Kier alpha value is -2.68. The molecule has 21 heavy (non-hydrogen) atoms. The second-order valence-electron chi connectivity index (χ2n) is 4.02. The molecule has 0 aliphatic heterocycles. The van der Waals surface area contributed by atoms with Gasteiger partial charge in [0.1, 0.15) is 11.8 Å². The van der Waals surface area contributed by atoms with E-state index in [1.54, 1.807) is 0 Å². The molecule has 1 atom stereocenters. The third-order valence-electron chi connectivity index (χ3n) is 2.66. The van der Waals surface area contributed by atoms with Gasteiger partial charge in [0.05, 0.1) is 17.6 Å². The maximum absolute atomic E-state index is 12.0. The number of aliphatic carboxylic acids is 1. The van der Waals surface area contributed by atoms with Gasteiger partial charge in [0, 0.05) is 25.2 Å². The lowest BCUT2D eigenvalue weighted by Gasteiger charge is -2.14. The number of non-ortho nitro benzene ring substituents is 1. The van der Waals surface area contributed by atoms with E-state index in [2.05, 4.69) is 5.32 Å². The van der Waals surface area contributed by atoms with Crippen LogP contribution in [0.1, 0.15) is 16.8 Å². The van der Waals surface area contributed by atoms with E-state index in [1.807, 2.05) is 0 Å². The van der Waals surface area contributed by atoms with Crippen molar-refractivity contribution in [1.29, 1.82) is 0 Å². The molecule has 0 aliphatic rings. The van der Waals surface area contributed by atoms with Crippen LogP contribution < -0.4 is 10.1 Å². The van der Waals surface area contributed by atoms with Gasteiger partial charge in [-0.15, -0.1) is 0 Å². The van der Waals surface area contributed by atoms with Crippen molar-refractivity contribution in [2.45, 2.75) is 12.5 Å². The summed E-state index contributed by atoms with van der Waals surface area (Å²) in [6, 6.07) is 2.10. The van der Waals surface area contributed by atoms with E-state index in [-0.39, 0.29) is 23.4 Å². The number of carbonyl (C=O) groups excluding carboxylic acids is 1. The van der Waals surface area contributed by atoms with Crippen molar-refractivity contribution in [3.05, 3.63) is 33.9 Å². The number of hydrogen-bond donors (Lipinski definition) is 3. The van der Waals surface area contributed by atoms with Crippen LogP contribution in [0.2, 0.25) is 0 Å². The topological polar surface area (TPSA) is 139 Å². The Balaban J connectivity index is 3.07. The molecule has 9 nitrogen and oxygen atoms in total. The van der Waals surface area contributed by atoms with Crippen LogP contribution in [-0.4, -0.2) is 46.8 Å². The van der Waals surface area contributed by atoms with Crippen molar-refractivity contribution < 1.29 is 29.5 Å². The fraction of sp³-hybridized carbons (Fsp3) is 0.333. The van der Waals surface area contributed by atoms with Crippen LogP contribution in [0.5, 0.6) is 5.75 Å². The highest BCUT2D eigenvalue weighted by Gasteiger charge is 2.23. The summed E-state index contributed by atoms with van der Waals surface area (Å²) >= 11 is 0. The molecule has 0 spiro atoms. The van der Waals surface area contributed by atoms with Gasteiger partial charge >= 0.3 is 5.97 Å². The Labute approximate surface area is 119 Å². The number of ether oxygens (including phenoxy) is 1. The van der Waals surface area contributed by atoms with Crippen LogP contribution in [0.3, 0.4) is 0 Å². The van der Waals surface area contributed by atoms with Crippen LogP contribution in [0.4, 0.5) is 5.69 Å². The molecule has 0 unspecified atom stereocenters. The first kappa shape index (κ1) is 16.4. The molecule has 114 valence electrons. The second-order valence-corrected chi connectivity index (χ2v) is 4.02. The molecule has 0 fully saturated rings. The summed E-state index contributed by atoms with van der Waals surface area (Å²) in [5.74, 6) is -2.08. The number of carboxylic acid groups (broad SMARTS) is 1. The molecule has 0 aromatic heterocycles.